The van der Waals surface area contributed by atoms with E-state index in [9.17, 15) is 0 Å². The van der Waals surface area contributed by atoms with Crippen molar-refractivity contribution in [2.24, 2.45) is 5.92 Å². The summed E-state index contributed by atoms with van der Waals surface area (Å²) in [6.07, 6.45) is 2.22. The van der Waals surface area contributed by atoms with Crippen LogP contribution in [0.5, 0.6) is 11.5 Å². The van der Waals surface area contributed by atoms with E-state index in [4.69, 9.17) is 4.74 Å². The molecule has 0 fully saturated rings. The van der Waals surface area contributed by atoms with E-state index in [2.05, 4.69) is 48.0 Å². The minimum absolute atomic E-state index is 0.535. The van der Waals surface area contributed by atoms with Crippen LogP contribution in [0.3, 0.4) is 0 Å². The molecule has 2 aromatic rings. The van der Waals surface area contributed by atoms with Gasteiger partial charge in [-0.05, 0) is 35.7 Å². The summed E-state index contributed by atoms with van der Waals surface area (Å²) in [5, 5.41) is 0.897. The van der Waals surface area contributed by atoms with Crippen LogP contribution in [0.2, 0.25) is 0 Å². The van der Waals surface area contributed by atoms with Crippen LogP contribution in [-0.4, -0.2) is 5.33 Å². The third-order valence-corrected chi connectivity index (χ3v) is 3.73. The van der Waals surface area contributed by atoms with E-state index in [-0.39, 0.29) is 0 Å². The molecule has 0 aliphatic carbocycles. The maximum absolute atomic E-state index is 5.85. The van der Waals surface area contributed by atoms with Gasteiger partial charge >= 0.3 is 0 Å². The second kappa shape index (κ2) is 7.30. The molecular weight excluding hydrogens is 312 g/mol. The van der Waals surface area contributed by atoms with E-state index < -0.39 is 0 Å². The first kappa shape index (κ1) is 14.9. The van der Waals surface area contributed by atoms with E-state index >= 15 is 0 Å². The van der Waals surface area contributed by atoms with E-state index in [0.29, 0.717) is 5.92 Å². The monoisotopic (exact) mass is 330 g/mol. The zero-order chi connectivity index (χ0) is 14.4. The van der Waals surface area contributed by atoms with E-state index in [0.717, 1.165) is 16.8 Å². The van der Waals surface area contributed by atoms with Gasteiger partial charge in [-0.1, -0.05) is 71.8 Å². The van der Waals surface area contributed by atoms with Crippen molar-refractivity contribution >= 4 is 22.0 Å². The molecular formula is C18H19BrO. The smallest absolute Gasteiger partial charge is 0.128 e. The number of rotatable bonds is 5. The zero-order valence-corrected chi connectivity index (χ0v) is 13.4. The first-order valence-electron chi connectivity index (χ1n) is 6.78. The Kier molecular flexibility index (Phi) is 5.42. The standard InChI is InChI=1S/C18H19BrO/c1-14(2)16(13-19)11-15-7-6-10-18(12-15)20-17-8-4-3-5-9-17/h3-12,14H,13H2,1-2H3. The van der Waals surface area contributed by atoms with Crippen molar-refractivity contribution in [3.05, 3.63) is 65.7 Å². The molecule has 0 N–H and O–H groups in total. The Morgan fingerprint density at radius 3 is 2.40 bits per heavy atom. The topological polar surface area (TPSA) is 9.23 Å². The molecule has 0 heterocycles. The quantitative estimate of drug-likeness (QED) is 0.619. The summed E-state index contributed by atoms with van der Waals surface area (Å²) in [7, 11) is 0. The van der Waals surface area contributed by atoms with Crippen LogP contribution in [0.15, 0.2) is 60.2 Å². The molecule has 0 bridgehead atoms. The Morgan fingerprint density at radius 2 is 1.75 bits per heavy atom. The normalized spacial score (nSPS) is 11.7. The molecule has 20 heavy (non-hydrogen) atoms. The summed E-state index contributed by atoms with van der Waals surface area (Å²) in [5.74, 6) is 2.26. The maximum atomic E-state index is 5.85. The van der Waals surface area contributed by atoms with Gasteiger partial charge in [0.05, 0.1) is 0 Å². The summed E-state index contributed by atoms with van der Waals surface area (Å²) >= 11 is 3.55. The Labute approximate surface area is 129 Å². The molecule has 0 aliphatic heterocycles. The number of hydrogen-bond acceptors (Lipinski definition) is 1. The van der Waals surface area contributed by atoms with Crippen LogP contribution in [0.25, 0.3) is 6.08 Å². The predicted octanol–water partition coefficient (Wildman–Crippen LogP) is 5.91. The molecule has 0 amide bonds. The lowest BCUT2D eigenvalue weighted by Gasteiger charge is -2.09. The number of para-hydroxylation sites is 1. The van der Waals surface area contributed by atoms with E-state index in [1.54, 1.807) is 0 Å². The molecule has 0 aromatic heterocycles. The molecule has 0 unspecified atom stereocenters. The minimum Gasteiger partial charge on any atom is -0.457 e. The molecule has 1 nitrogen and oxygen atoms in total. The summed E-state index contributed by atoms with van der Waals surface area (Å²) in [6.45, 7) is 4.41. The van der Waals surface area contributed by atoms with Gasteiger partial charge in [0.15, 0.2) is 0 Å². The molecule has 0 saturated heterocycles. The largest absolute Gasteiger partial charge is 0.457 e. The van der Waals surface area contributed by atoms with Gasteiger partial charge in [0.1, 0.15) is 11.5 Å². The number of benzene rings is 2. The summed E-state index contributed by atoms with van der Waals surface area (Å²) in [5.41, 5.74) is 2.54. The highest BCUT2D eigenvalue weighted by atomic mass is 79.9. The first-order valence-corrected chi connectivity index (χ1v) is 7.90. The average Bonchev–Trinajstić information content (AvgIpc) is 2.46. The molecule has 0 spiro atoms. The summed E-state index contributed by atoms with van der Waals surface area (Å²) < 4.78 is 5.85. The Morgan fingerprint density at radius 1 is 1.05 bits per heavy atom. The molecule has 0 atom stereocenters. The Bertz CT molecular complexity index is 573. The van der Waals surface area contributed by atoms with Crippen molar-refractivity contribution in [2.75, 3.05) is 5.33 Å². The van der Waals surface area contributed by atoms with Crippen molar-refractivity contribution in [1.29, 1.82) is 0 Å². The predicted molar refractivity (Wildman–Crippen MR) is 89.6 cm³/mol. The van der Waals surface area contributed by atoms with Crippen molar-refractivity contribution in [2.45, 2.75) is 13.8 Å². The molecule has 0 aliphatic rings. The lowest BCUT2D eigenvalue weighted by molar-refractivity contribution is 0.482. The van der Waals surface area contributed by atoms with Gasteiger partial charge in [0.25, 0.3) is 0 Å². The third kappa shape index (κ3) is 4.24. The fourth-order valence-corrected chi connectivity index (χ4v) is 2.68. The molecule has 2 aromatic carbocycles. The third-order valence-electron chi connectivity index (χ3n) is 3.08. The molecule has 0 radical (unpaired) electrons. The molecule has 2 heteroatoms. The molecule has 104 valence electrons. The maximum Gasteiger partial charge on any atom is 0.128 e. The summed E-state index contributed by atoms with van der Waals surface area (Å²) in [4.78, 5) is 0. The number of alkyl halides is 1. The Hall–Kier alpha value is -1.54. The second-order valence-corrected chi connectivity index (χ2v) is 5.56. The number of ether oxygens (including phenoxy) is 1. The van der Waals surface area contributed by atoms with E-state index in [1.807, 2.05) is 42.5 Å². The van der Waals surface area contributed by atoms with Gasteiger partial charge in [-0.25, -0.2) is 0 Å². The van der Waals surface area contributed by atoms with E-state index in [1.165, 1.54) is 11.1 Å². The zero-order valence-electron chi connectivity index (χ0n) is 11.8. The summed E-state index contributed by atoms with van der Waals surface area (Å²) in [6, 6.07) is 18.0. The average molecular weight is 331 g/mol. The first-order chi connectivity index (χ1) is 9.69. The van der Waals surface area contributed by atoms with Crippen molar-refractivity contribution in [3.63, 3.8) is 0 Å². The second-order valence-electron chi connectivity index (χ2n) is 5.00. The van der Waals surface area contributed by atoms with Gasteiger partial charge < -0.3 is 4.74 Å². The van der Waals surface area contributed by atoms with Gasteiger partial charge in [0, 0.05) is 5.33 Å². The SMILES string of the molecule is CC(C)C(=Cc1cccc(Oc2ccccc2)c1)CBr. The molecule has 0 saturated carbocycles. The van der Waals surface area contributed by atoms with Crippen molar-refractivity contribution in [3.8, 4) is 11.5 Å². The van der Waals surface area contributed by atoms with Crippen molar-refractivity contribution in [1.82, 2.24) is 0 Å². The van der Waals surface area contributed by atoms with Crippen LogP contribution in [-0.2, 0) is 0 Å². The lowest BCUT2D eigenvalue weighted by Crippen LogP contribution is -1.95. The highest BCUT2D eigenvalue weighted by molar-refractivity contribution is 9.09. The fourth-order valence-electron chi connectivity index (χ4n) is 1.87. The van der Waals surface area contributed by atoms with Crippen LogP contribution in [0, 0.1) is 5.92 Å². The highest BCUT2D eigenvalue weighted by Gasteiger charge is 2.03. The van der Waals surface area contributed by atoms with Crippen LogP contribution in [0.4, 0.5) is 0 Å². The Balaban J connectivity index is 2.20. The highest BCUT2D eigenvalue weighted by Crippen LogP contribution is 2.24. The number of halogens is 1. The lowest BCUT2D eigenvalue weighted by atomic mass is 10.0. The minimum atomic E-state index is 0.535. The van der Waals surface area contributed by atoms with Crippen molar-refractivity contribution < 1.29 is 4.74 Å². The fraction of sp³-hybridized carbons (Fsp3) is 0.222. The van der Waals surface area contributed by atoms with Gasteiger partial charge in [-0.15, -0.1) is 0 Å². The van der Waals surface area contributed by atoms with Crippen LogP contribution >= 0.6 is 15.9 Å². The molecule has 2 rings (SSSR count). The van der Waals surface area contributed by atoms with Gasteiger partial charge in [0.2, 0.25) is 0 Å². The van der Waals surface area contributed by atoms with Gasteiger partial charge in [-0.3, -0.25) is 0 Å². The van der Waals surface area contributed by atoms with Gasteiger partial charge in [-0.2, -0.15) is 0 Å². The van der Waals surface area contributed by atoms with Crippen LogP contribution < -0.4 is 4.74 Å². The number of allylic oxidation sites excluding steroid dienone is 1. The van der Waals surface area contributed by atoms with Crippen LogP contribution in [0.1, 0.15) is 19.4 Å². The number of hydrogen-bond donors (Lipinski definition) is 0.